The number of urea groups is 1. The average Bonchev–Trinajstić information content (AvgIpc) is 3.51. The Kier molecular flexibility index (Phi) is 7.36. The number of amides is 3. The van der Waals surface area contributed by atoms with Crippen molar-refractivity contribution in [1.29, 1.82) is 0 Å². The SMILES string of the molecule is O=C1N[C@H](C(F)(F)F)CN1Cc1ccc2oc([C@@H](NC(=O)C(F)(F)c3ccccc3)C3CCC(F)(F)CC3)nc2c1. The lowest BCUT2D eigenvalue weighted by Gasteiger charge is -2.33. The number of alkyl halides is 7. The molecule has 0 spiro atoms. The summed E-state index contributed by atoms with van der Waals surface area (Å²) in [5, 5.41) is 4.15. The highest BCUT2D eigenvalue weighted by molar-refractivity contribution is 5.85. The van der Waals surface area contributed by atoms with Gasteiger partial charge in [-0.05, 0) is 36.5 Å². The topological polar surface area (TPSA) is 87.5 Å². The van der Waals surface area contributed by atoms with Gasteiger partial charge in [-0.15, -0.1) is 0 Å². The van der Waals surface area contributed by atoms with E-state index in [1.165, 1.54) is 36.4 Å². The van der Waals surface area contributed by atoms with Gasteiger partial charge in [0.1, 0.15) is 17.6 Å². The highest BCUT2D eigenvalue weighted by atomic mass is 19.4. The number of benzene rings is 2. The summed E-state index contributed by atoms with van der Waals surface area (Å²) in [5.74, 6) is -9.33. The van der Waals surface area contributed by atoms with Gasteiger partial charge in [-0.3, -0.25) is 4.79 Å². The van der Waals surface area contributed by atoms with E-state index in [4.69, 9.17) is 4.42 Å². The number of rotatable bonds is 7. The zero-order chi connectivity index (χ0) is 29.6. The van der Waals surface area contributed by atoms with Crippen molar-refractivity contribution < 1.29 is 44.7 Å². The normalized spacial score (nSPS) is 20.7. The summed E-state index contributed by atoms with van der Waals surface area (Å²) in [6, 6.07) is 6.68. The molecule has 1 saturated carbocycles. The Hall–Kier alpha value is -3.84. The number of halogens is 7. The Morgan fingerprint density at radius 2 is 1.78 bits per heavy atom. The molecule has 41 heavy (non-hydrogen) atoms. The van der Waals surface area contributed by atoms with E-state index in [1.807, 2.05) is 5.32 Å². The molecule has 0 unspecified atom stereocenters. The molecule has 1 aliphatic carbocycles. The van der Waals surface area contributed by atoms with Crippen LogP contribution in [-0.4, -0.2) is 46.5 Å². The summed E-state index contributed by atoms with van der Waals surface area (Å²) in [6.45, 7) is -0.752. The Morgan fingerprint density at radius 3 is 2.41 bits per heavy atom. The third kappa shape index (κ3) is 6.10. The molecule has 2 fully saturated rings. The maximum atomic E-state index is 15.0. The van der Waals surface area contributed by atoms with Crippen LogP contribution in [0.15, 0.2) is 52.9 Å². The molecule has 2 aromatic carbocycles. The lowest BCUT2D eigenvalue weighted by Crippen LogP contribution is -2.43. The number of oxazole rings is 1. The minimum absolute atomic E-state index is 0.0801. The van der Waals surface area contributed by atoms with Gasteiger partial charge in [0.25, 0.3) is 5.91 Å². The summed E-state index contributed by atoms with van der Waals surface area (Å²) >= 11 is 0. The van der Waals surface area contributed by atoms with Crippen LogP contribution in [0.4, 0.5) is 35.5 Å². The Bertz CT molecular complexity index is 1420. The molecule has 3 aromatic rings. The zero-order valence-electron chi connectivity index (χ0n) is 21.4. The summed E-state index contributed by atoms with van der Waals surface area (Å²) < 4.78 is 103. The maximum Gasteiger partial charge on any atom is 0.410 e. The number of hydrogen-bond acceptors (Lipinski definition) is 4. The van der Waals surface area contributed by atoms with E-state index in [1.54, 1.807) is 0 Å². The fourth-order valence-electron chi connectivity index (χ4n) is 5.14. The second-order valence-corrected chi connectivity index (χ2v) is 10.4. The third-order valence-electron chi connectivity index (χ3n) is 7.43. The molecule has 2 N–H and O–H groups in total. The minimum atomic E-state index is -4.60. The van der Waals surface area contributed by atoms with E-state index in [2.05, 4.69) is 10.3 Å². The highest BCUT2D eigenvalue weighted by Gasteiger charge is 2.47. The van der Waals surface area contributed by atoms with Crippen LogP contribution in [0.5, 0.6) is 0 Å². The molecule has 2 aliphatic rings. The second-order valence-electron chi connectivity index (χ2n) is 10.4. The van der Waals surface area contributed by atoms with Crippen LogP contribution in [0.3, 0.4) is 0 Å². The average molecular weight is 587 g/mol. The van der Waals surface area contributed by atoms with Gasteiger partial charge in [0.05, 0.1) is 6.54 Å². The Balaban J connectivity index is 1.40. The summed E-state index contributed by atoms with van der Waals surface area (Å²) in [7, 11) is 0. The van der Waals surface area contributed by atoms with Gasteiger partial charge in [0, 0.05) is 24.9 Å². The summed E-state index contributed by atoms with van der Waals surface area (Å²) in [4.78, 5) is 30.1. The lowest BCUT2D eigenvalue weighted by molar-refractivity contribution is -0.150. The van der Waals surface area contributed by atoms with Crippen molar-refractivity contribution >= 4 is 23.0 Å². The molecular weight excluding hydrogens is 561 g/mol. The molecule has 14 heteroatoms. The van der Waals surface area contributed by atoms with Crippen molar-refractivity contribution in [3.05, 3.63) is 65.5 Å². The first-order valence-corrected chi connectivity index (χ1v) is 12.9. The first-order valence-electron chi connectivity index (χ1n) is 12.9. The molecule has 0 radical (unpaired) electrons. The molecule has 2 atom stereocenters. The summed E-state index contributed by atoms with van der Waals surface area (Å²) in [6.07, 6.45) is -5.76. The molecular formula is C27H25F7N4O3. The highest BCUT2D eigenvalue weighted by Crippen LogP contribution is 2.42. The minimum Gasteiger partial charge on any atom is -0.438 e. The fraction of sp³-hybridized carbons (Fsp3) is 0.444. The van der Waals surface area contributed by atoms with E-state index in [9.17, 15) is 31.5 Å². The quantitative estimate of drug-likeness (QED) is 0.330. The van der Waals surface area contributed by atoms with Crippen molar-refractivity contribution in [2.75, 3.05) is 6.54 Å². The predicted molar refractivity (Wildman–Crippen MR) is 131 cm³/mol. The Morgan fingerprint density at radius 1 is 1.10 bits per heavy atom. The van der Waals surface area contributed by atoms with E-state index in [0.717, 1.165) is 17.0 Å². The maximum absolute atomic E-state index is 15.0. The number of nitrogens with zero attached hydrogens (tertiary/aromatic N) is 2. The fourth-order valence-corrected chi connectivity index (χ4v) is 5.14. The predicted octanol–water partition coefficient (Wildman–Crippen LogP) is 6.06. The van der Waals surface area contributed by atoms with Gasteiger partial charge in [-0.2, -0.15) is 22.0 Å². The van der Waals surface area contributed by atoms with Crippen LogP contribution in [-0.2, 0) is 17.3 Å². The number of fused-ring (bicyclic) bond motifs is 1. The summed E-state index contributed by atoms with van der Waals surface area (Å²) in [5.41, 5.74) is 0.244. The molecule has 7 nitrogen and oxygen atoms in total. The van der Waals surface area contributed by atoms with Gasteiger partial charge in [-0.25, -0.2) is 18.6 Å². The second kappa shape index (κ2) is 10.5. The Labute approximate surface area is 229 Å². The molecule has 220 valence electrons. The number of carbonyl (C=O) groups excluding carboxylic acids is 2. The first-order chi connectivity index (χ1) is 19.2. The van der Waals surface area contributed by atoms with E-state index < -0.39 is 72.9 Å². The number of hydrogen-bond donors (Lipinski definition) is 2. The van der Waals surface area contributed by atoms with E-state index in [-0.39, 0.29) is 36.4 Å². The molecule has 2 heterocycles. The zero-order valence-corrected chi connectivity index (χ0v) is 21.4. The van der Waals surface area contributed by atoms with Gasteiger partial charge in [0.2, 0.25) is 11.8 Å². The van der Waals surface area contributed by atoms with E-state index >= 15 is 8.78 Å². The van der Waals surface area contributed by atoms with E-state index in [0.29, 0.717) is 5.56 Å². The van der Waals surface area contributed by atoms with Crippen molar-refractivity contribution in [1.82, 2.24) is 20.5 Å². The number of nitrogens with one attached hydrogen (secondary N) is 2. The van der Waals surface area contributed by atoms with Crippen molar-refractivity contribution in [3.63, 3.8) is 0 Å². The molecule has 3 amide bonds. The third-order valence-corrected chi connectivity index (χ3v) is 7.43. The monoisotopic (exact) mass is 586 g/mol. The van der Waals surface area contributed by atoms with Gasteiger partial charge in [-0.1, -0.05) is 36.4 Å². The standard InChI is InChI=1S/C27H25F7N4O3/c28-25(29)10-8-16(9-11-25)21(37-23(39)26(30,31)17-4-2-1-3-5-17)22-35-18-12-15(6-7-19(18)41-22)13-38-14-20(27(32,33)34)36-24(38)40/h1-7,12,16,20-21H,8-11,13-14H2,(H,36,40)(H,37,39)/t20-,21-/m0/s1. The number of carbonyl (C=O) groups is 2. The van der Waals surface area contributed by atoms with Crippen LogP contribution in [0, 0.1) is 5.92 Å². The largest absolute Gasteiger partial charge is 0.438 e. The number of aromatic nitrogens is 1. The van der Waals surface area contributed by atoms with Crippen molar-refractivity contribution in [2.24, 2.45) is 5.92 Å². The van der Waals surface area contributed by atoms with Crippen LogP contribution in [0.25, 0.3) is 11.1 Å². The molecule has 1 aliphatic heterocycles. The van der Waals surface area contributed by atoms with Gasteiger partial charge >= 0.3 is 18.1 Å². The van der Waals surface area contributed by atoms with Crippen LogP contribution in [0.1, 0.15) is 48.7 Å². The van der Waals surface area contributed by atoms with Crippen LogP contribution >= 0.6 is 0 Å². The van der Waals surface area contributed by atoms with Crippen molar-refractivity contribution in [3.8, 4) is 0 Å². The van der Waals surface area contributed by atoms with Crippen molar-refractivity contribution in [2.45, 2.75) is 62.3 Å². The molecule has 1 aromatic heterocycles. The smallest absolute Gasteiger partial charge is 0.410 e. The molecule has 5 rings (SSSR count). The molecule has 1 saturated heterocycles. The molecule has 0 bridgehead atoms. The lowest BCUT2D eigenvalue weighted by atomic mass is 9.81. The van der Waals surface area contributed by atoms with Crippen LogP contribution in [0.2, 0.25) is 0 Å². The van der Waals surface area contributed by atoms with Crippen LogP contribution < -0.4 is 10.6 Å². The first kappa shape index (κ1) is 28.7. The van der Waals surface area contributed by atoms with Gasteiger partial charge in [0.15, 0.2) is 5.58 Å². The van der Waals surface area contributed by atoms with Gasteiger partial charge < -0.3 is 20.0 Å².